The first-order valence-electron chi connectivity index (χ1n) is 10.1. The second-order valence-electron chi connectivity index (χ2n) is 7.04. The third-order valence-electron chi connectivity index (χ3n) is 5.04. The molecule has 0 amide bonds. The van der Waals surface area contributed by atoms with E-state index in [1.807, 2.05) is 23.9 Å². The molecule has 1 aromatic carbocycles. The molecule has 0 aromatic heterocycles. The lowest BCUT2D eigenvalue weighted by atomic mass is 10.1. The van der Waals surface area contributed by atoms with Crippen molar-refractivity contribution in [3.63, 3.8) is 0 Å². The van der Waals surface area contributed by atoms with E-state index >= 15 is 0 Å². The molecule has 1 aromatic rings. The summed E-state index contributed by atoms with van der Waals surface area (Å²) in [6.07, 6.45) is 2.13. The number of hydrogen-bond donors (Lipinski definition) is 1. The third kappa shape index (κ3) is 7.56. The van der Waals surface area contributed by atoms with Crippen LogP contribution in [0.2, 0.25) is 0 Å². The maximum atomic E-state index is 5.48. The van der Waals surface area contributed by atoms with Gasteiger partial charge in [-0.15, -0.1) is 24.0 Å². The number of methoxy groups -OCH3 is 3. The summed E-state index contributed by atoms with van der Waals surface area (Å²) in [6, 6.07) is 4.06. The van der Waals surface area contributed by atoms with Crippen LogP contribution in [0, 0.1) is 0 Å². The van der Waals surface area contributed by atoms with Gasteiger partial charge in [-0.05, 0) is 30.9 Å². The molecule has 0 radical (unpaired) electrons. The Labute approximate surface area is 202 Å². The lowest BCUT2D eigenvalue weighted by molar-refractivity contribution is 0.172. The van der Waals surface area contributed by atoms with E-state index in [2.05, 4.69) is 35.2 Å². The van der Waals surface area contributed by atoms with Gasteiger partial charge in [0.2, 0.25) is 5.75 Å². The third-order valence-corrected chi connectivity index (χ3v) is 5.99. The minimum absolute atomic E-state index is 0. The molecule has 1 heterocycles. The van der Waals surface area contributed by atoms with Gasteiger partial charge >= 0.3 is 0 Å². The van der Waals surface area contributed by atoms with E-state index in [9.17, 15) is 0 Å². The second kappa shape index (κ2) is 14.1. The molecular formula is C21H37IN4O3S. The molecule has 0 saturated carbocycles. The Balaban J connectivity index is 0.00000450. The molecule has 0 aliphatic carbocycles. The van der Waals surface area contributed by atoms with Crippen LogP contribution in [-0.2, 0) is 6.54 Å². The number of ether oxygens (including phenoxy) is 3. The molecule has 30 heavy (non-hydrogen) atoms. The van der Waals surface area contributed by atoms with Gasteiger partial charge in [0.15, 0.2) is 17.5 Å². The summed E-state index contributed by atoms with van der Waals surface area (Å²) in [6.45, 7) is 10.8. The monoisotopic (exact) mass is 552 g/mol. The van der Waals surface area contributed by atoms with Gasteiger partial charge in [0.1, 0.15) is 0 Å². The first-order valence-corrected chi connectivity index (χ1v) is 11.4. The molecule has 7 nitrogen and oxygen atoms in total. The quantitative estimate of drug-likeness (QED) is 0.287. The van der Waals surface area contributed by atoms with Crippen LogP contribution in [0.4, 0.5) is 0 Å². The summed E-state index contributed by atoms with van der Waals surface area (Å²) in [4.78, 5) is 9.64. The van der Waals surface area contributed by atoms with Gasteiger partial charge in [0, 0.05) is 44.5 Å². The van der Waals surface area contributed by atoms with Gasteiger partial charge in [-0.25, -0.2) is 0 Å². The Bertz CT molecular complexity index is 645. The van der Waals surface area contributed by atoms with E-state index < -0.39 is 0 Å². The Morgan fingerprint density at radius 3 is 2.17 bits per heavy atom. The molecule has 0 spiro atoms. The summed E-state index contributed by atoms with van der Waals surface area (Å²) < 4.78 is 16.4. The van der Waals surface area contributed by atoms with E-state index in [0.29, 0.717) is 22.5 Å². The number of halogens is 1. The van der Waals surface area contributed by atoms with Crippen molar-refractivity contribution in [3.8, 4) is 17.2 Å². The lowest BCUT2D eigenvalue weighted by Gasteiger charge is -2.36. The van der Waals surface area contributed by atoms with E-state index in [4.69, 9.17) is 19.2 Å². The van der Waals surface area contributed by atoms with E-state index in [-0.39, 0.29) is 24.0 Å². The first-order chi connectivity index (χ1) is 14.1. The van der Waals surface area contributed by atoms with E-state index in [0.717, 1.165) is 57.3 Å². The number of nitrogens with zero attached hydrogens (tertiary/aromatic N) is 3. The highest BCUT2D eigenvalue weighted by Crippen LogP contribution is 2.38. The predicted molar refractivity (Wildman–Crippen MR) is 137 cm³/mol. The number of piperazine rings is 1. The van der Waals surface area contributed by atoms with Gasteiger partial charge in [-0.3, -0.25) is 9.89 Å². The lowest BCUT2D eigenvalue weighted by Crippen LogP contribution is -2.52. The zero-order valence-electron chi connectivity index (χ0n) is 19.1. The topological polar surface area (TPSA) is 58.6 Å². The number of aliphatic imine (C=N–C) groups is 1. The number of thioether (sulfide) groups is 1. The normalized spacial score (nSPS) is 15.9. The fourth-order valence-electron chi connectivity index (χ4n) is 3.32. The zero-order valence-corrected chi connectivity index (χ0v) is 22.2. The van der Waals surface area contributed by atoms with E-state index in [1.165, 1.54) is 0 Å². The highest BCUT2D eigenvalue weighted by Gasteiger charge is 2.21. The van der Waals surface area contributed by atoms with Crippen molar-refractivity contribution in [1.29, 1.82) is 0 Å². The van der Waals surface area contributed by atoms with Crippen molar-refractivity contribution in [3.05, 3.63) is 17.7 Å². The van der Waals surface area contributed by atoms with Crippen LogP contribution in [-0.4, -0.2) is 87.9 Å². The van der Waals surface area contributed by atoms with E-state index in [1.54, 1.807) is 21.3 Å². The molecule has 9 heteroatoms. The Morgan fingerprint density at radius 2 is 1.70 bits per heavy atom. The van der Waals surface area contributed by atoms with Crippen molar-refractivity contribution in [2.75, 3.05) is 66.9 Å². The van der Waals surface area contributed by atoms with Crippen molar-refractivity contribution >= 4 is 41.7 Å². The SMILES string of the molecule is CCNC(=NCC(C)SC)N1CCN(Cc2cc(OC)c(OC)c(OC)c2)CC1.I. The zero-order chi connectivity index (χ0) is 21.2. The maximum Gasteiger partial charge on any atom is 0.203 e. The molecular weight excluding hydrogens is 515 g/mol. The molecule has 1 N–H and O–H groups in total. The number of nitrogens with one attached hydrogen (secondary N) is 1. The van der Waals surface area contributed by atoms with Crippen molar-refractivity contribution in [1.82, 2.24) is 15.1 Å². The van der Waals surface area contributed by atoms with Crippen LogP contribution in [0.25, 0.3) is 0 Å². The maximum absolute atomic E-state index is 5.48. The molecule has 0 bridgehead atoms. The van der Waals surface area contributed by atoms with Gasteiger partial charge < -0.3 is 24.4 Å². The second-order valence-corrected chi connectivity index (χ2v) is 8.31. The summed E-state index contributed by atoms with van der Waals surface area (Å²) in [5.41, 5.74) is 1.15. The standard InChI is InChI=1S/C21H36N4O3S.HI/c1-7-22-21(23-14-16(2)29-6)25-10-8-24(9-11-25)15-17-12-18(26-3)20(28-5)19(13-17)27-4;/h12-13,16H,7-11,14-15H2,1-6H3,(H,22,23);1H. The highest BCUT2D eigenvalue weighted by molar-refractivity contribution is 14.0. The van der Waals surface area contributed by atoms with Crippen LogP contribution in [0.5, 0.6) is 17.2 Å². The molecule has 1 fully saturated rings. The van der Waals surface area contributed by atoms with Gasteiger partial charge in [-0.1, -0.05) is 6.92 Å². The summed E-state index contributed by atoms with van der Waals surface area (Å²) in [5, 5.41) is 3.97. The predicted octanol–water partition coefficient (Wildman–Crippen LogP) is 3.17. The molecule has 1 saturated heterocycles. The molecule has 1 atom stereocenters. The van der Waals surface area contributed by atoms with Crippen LogP contribution in [0.15, 0.2) is 17.1 Å². The molecule has 1 unspecified atom stereocenters. The molecule has 2 rings (SSSR count). The van der Waals surface area contributed by atoms with Gasteiger partial charge in [0.25, 0.3) is 0 Å². The Hall–Kier alpha value is -1.07. The minimum Gasteiger partial charge on any atom is -0.493 e. The summed E-state index contributed by atoms with van der Waals surface area (Å²) in [7, 11) is 4.93. The van der Waals surface area contributed by atoms with Crippen LogP contribution in [0.1, 0.15) is 19.4 Å². The average Bonchev–Trinajstić information content (AvgIpc) is 2.76. The molecule has 172 valence electrons. The minimum atomic E-state index is 0. The largest absolute Gasteiger partial charge is 0.493 e. The first kappa shape index (κ1) is 27.0. The summed E-state index contributed by atoms with van der Waals surface area (Å²) in [5.74, 6) is 3.06. The average molecular weight is 553 g/mol. The molecule has 1 aliphatic rings. The van der Waals surface area contributed by atoms with Gasteiger partial charge in [-0.2, -0.15) is 11.8 Å². The fourth-order valence-corrected chi connectivity index (χ4v) is 3.54. The Kier molecular flexibility index (Phi) is 12.7. The van der Waals surface area contributed by atoms with Gasteiger partial charge in [0.05, 0.1) is 27.9 Å². The van der Waals surface area contributed by atoms with Crippen molar-refractivity contribution < 1.29 is 14.2 Å². The molecule has 1 aliphatic heterocycles. The van der Waals surface area contributed by atoms with Crippen molar-refractivity contribution in [2.45, 2.75) is 25.6 Å². The fraction of sp³-hybridized carbons (Fsp3) is 0.667. The van der Waals surface area contributed by atoms with Crippen LogP contribution >= 0.6 is 35.7 Å². The number of rotatable bonds is 9. The van der Waals surface area contributed by atoms with Crippen molar-refractivity contribution in [2.24, 2.45) is 4.99 Å². The summed E-state index contributed by atoms with van der Waals surface area (Å²) >= 11 is 1.85. The number of benzene rings is 1. The highest BCUT2D eigenvalue weighted by atomic mass is 127. The van der Waals surface area contributed by atoms with Crippen LogP contribution < -0.4 is 19.5 Å². The Morgan fingerprint density at radius 1 is 1.10 bits per heavy atom. The smallest absolute Gasteiger partial charge is 0.203 e. The van der Waals surface area contributed by atoms with Crippen LogP contribution in [0.3, 0.4) is 0 Å². The number of hydrogen-bond acceptors (Lipinski definition) is 6. The number of guanidine groups is 1.